The summed E-state index contributed by atoms with van der Waals surface area (Å²) in [7, 11) is -3.80. The summed E-state index contributed by atoms with van der Waals surface area (Å²) in [5, 5.41) is 0. The normalized spacial score (nSPS) is 17.5. The molecule has 2 aromatic carbocycles. The van der Waals surface area contributed by atoms with E-state index in [2.05, 4.69) is 6.58 Å². The number of carbonyl (C=O) groups excluding carboxylic acids is 1. The van der Waals surface area contributed by atoms with E-state index in [0.717, 1.165) is 11.1 Å². The van der Waals surface area contributed by atoms with E-state index in [0.29, 0.717) is 17.8 Å². The molecule has 0 amide bonds. The number of hydrogen-bond acceptors (Lipinski definition) is 4. The minimum absolute atomic E-state index is 0.0201. The molecule has 0 spiro atoms. The van der Waals surface area contributed by atoms with Gasteiger partial charge >= 0.3 is 0 Å². The van der Waals surface area contributed by atoms with Gasteiger partial charge in [-0.15, -0.1) is 0 Å². The third kappa shape index (κ3) is 4.56. The molecule has 29 heavy (non-hydrogen) atoms. The number of hydrogen-bond donors (Lipinski definition) is 0. The zero-order chi connectivity index (χ0) is 21.0. The van der Waals surface area contributed by atoms with E-state index >= 15 is 0 Å². The Bertz CT molecular complexity index is 1020. The molecule has 0 aromatic heterocycles. The first-order valence-electron chi connectivity index (χ1n) is 9.41. The molecule has 0 radical (unpaired) electrons. The van der Waals surface area contributed by atoms with Crippen molar-refractivity contribution in [3.05, 3.63) is 89.5 Å². The molecule has 5 nitrogen and oxygen atoms in total. The van der Waals surface area contributed by atoms with Crippen LogP contribution >= 0.6 is 0 Å². The van der Waals surface area contributed by atoms with Crippen LogP contribution in [0.2, 0.25) is 0 Å². The topological polar surface area (TPSA) is 63.7 Å². The minimum Gasteiger partial charge on any atom is -0.375 e. The molecular weight excluding hydrogens is 386 g/mol. The van der Waals surface area contributed by atoms with Crippen LogP contribution in [0.15, 0.2) is 83.3 Å². The lowest BCUT2D eigenvalue weighted by Crippen LogP contribution is -2.40. The second-order valence-electron chi connectivity index (χ2n) is 7.07. The van der Waals surface area contributed by atoms with E-state index in [4.69, 9.17) is 4.74 Å². The first-order chi connectivity index (χ1) is 13.8. The number of carbonyl (C=O) groups is 1. The second-order valence-corrected chi connectivity index (χ2v) is 8.96. The highest BCUT2D eigenvalue weighted by atomic mass is 32.2. The summed E-state index contributed by atoms with van der Waals surface area (Å²) in [5.41, 5.74) is 3.04. The number of ketones is 1. The van der Waals surface area contributed by atoms with Crippen LogP contribution in [0, 0.1) is 6.92 Å². The van der Waals surface area contributed by atoms with Gasteiger partial charge in [-0.1, -0.05) is 60.7 Å². The number of sulfonamides is 1. The fourth-order valence-electron chi connectivity index (χ4n) is 3.42. The van der Waals surface area contributed by atoms with Crippen molar-refractivity contribution >= 4 is 15.8 Å². The van der Waals surface area contributed by atoms with Gasteiger partial charge in [-0.3, -0.25) is 4.79 Å². The maximum atomic E-state index is 13.3. The molecule has 1 aliphatic rings. The van der Waals surface area contributed by atoms with Gasteiger partial charge in [0.15, 0.2) is 5.78 Å². The number of benzene rings is 2. The summed E-state index contributed by atoms with van der Waals surface area (Å²) in [5.74, 6) is -0.158. The largest absolute Gasteiger partial charge is 0.375 e. The summed E-state index contributed by atoms with van der Waals surface area (Å²) in [6, 6.07) is 15.8. The van der Waals surface area contributed by atoms with Crippen LogP contribution in [0.3, 0.4) is 0 Å². The number of nitrogens with zero attached hydrogens (tertiary/aromatic N) is 1. The Hall–Kier alpha value is -2.54. The van der Waals surface area contributed by atoms with Gasteiger partial charge in [-0.05, 0) is 37.1 Å². The predicted molar refractivity (Wildman–Crippen MR) is 113 cm³/mol. The summed E-state index contributed by atoms with van der Waals surface area (Å²) >= 11 is 0. The van der Waals surface area contributed by atoms with Gasteiger partial charge in [0.05, 0.1) is 24.2 Å². The first kappa shape index (κ1) is 21.2. The number of aryl methyl sites for hydroxylation is 1. The van der Waals surface area contributed by atoms with E-state index in [1.165, 1.54) is 11.2 Å². The average molecular weight is 412 g/mol. The van der Waals surface area contributed by atoms with Gasteiger partial charge in [-0.2, -0.15) is 4.31 Å². The zero-order valence-electron chi connectivity index (χ0n) is 16.7. The van der Waals surface area contributed by atoms with Gasteiger partial charge in [0.2, 0.25) is 10.0 Å². The molecule has 1 heterocycles. The van der Waals surface area contributed by atoms with Crippen LogP contribution in [0.1, 0.15) is 18.1 Å². The Morgan fingerprint density at radius 1 is 1.17 bits per heavy atom. The molecule has 0 fully saturated rings. The number of Topliss-reactive ketones (excluding diaryl/α,β-unsaturated/α-hetero) is 1. The van der Waals surface area contributed by atoms with Crippen LogP contribution in [0.4, 0.5) is 0 Å². The maximum absolute atomic E-state index is 13.3. The average Bonchev–Trinajstić information content (AvgIpc) is 3.09. The lowest BCUT2D eigenvalue weighted by Gasteiger charge is -2.25. The third-order valence-corrected chi connectivity index (χ3v) is 6.90. The van der Waals surface area contributed by atoms with Gasteiger partial charge in [-0.25, -0.2) is 8.42 Å². The van der Waals surface area contributed by atoms with Gasteiger partial charge in [0, 0.05) is 12.1 Å². The fourth-order valence-corrected chi connectivity index (χ4v) is 4.98. The summed E-state index contributed by atoms with van der Waals surface area (Å²) < 4.78 is 33.8. The molecule has 152 valence electrons. The Morgan fingerprint density at radius 3 is 2.41 bits per heavy atom. The Balaban J connectivity index is 1.89. The van der Waals surface area contributed by atoms with E-state index in [9.17, 15) is 13.2 Å². The molecule has 0 unspecified atom stereocenters. The molecule has 3 rings (SSSR count). The minimum atomic E-state index is -3.80. The van der Waals surface area contributed by atoms with E-state index < -0.39 is 16.1 Å². The van der Waals surface area contributed by atoms with Crippen molar-refractivity contribution in [2.75, 3.05) is 13.2 Å². The molecule has 0 bridgehead atoms. The van der Waals surface area contributed by atoms with Crippen LogP contribution in [-0.2, 0) is 26.2 Å². The van der Waals surface area contributed by atoms with Crippen LogP contribution in [-0.4, -0.2) is 37.7 Å². The lowest BCUT2D eigenvalue weighted by atomic mass is 10.0. The molecule has 0 saturated heterocycles. The number of ether oxygens (including phenoxy) is 1. The van der Waals surface area contributed by atoms with Crippen LogP contribution < -0.4 is 0 Å². The predicted octanol–water partition coefficient (Wildman–Crippen LogP) is 3.66. The van der Waals surface area contributed by atoms with Crippen LogP contribution in [0.25, 0.3) is 0 Å². The van der Waals surface area contributed by atoms with E-state index in [-0.39, 0.29) is 23.8 Å². The van der Waals surface area contributed by atoms with Crippen LogP contribution in [0.5, 0.6) is 0 Å². The zero-order valence-corrected chi connectivity index (χ0v) is 17.5. The molecule has 0 saturated carbocycles. The smallest absolute Gasteiger partial charge is 0.244 e. The quantitative estimate of drug-likeness (QED) is 0.665. The molecule has 6 heteroatoms. The molecule has 1 aliphatic heterocycles. The summed E-state index contributed by atoms with van der Waals surface area (Å²) in [6.07, 6.45) is 1.57. The van der Waals surface area contributed by atoms with E-state index in [1.807, 2.05) is 37.3 Å². The molecule has 0 N–H and O–H groups in total. The van der Waals surface area contributed by atoms with Crippen molar-refractivity contribution in [3.63, 3.8) is 0 Å². The van der Waals surface area contributed by atoms with Gasteiger partial charge < -0.3 is 4.74 Å². The first-order valence-corrected chi connectivity index (χ1v) is 10.8. The molecule has 2 aromatic rings. The van der Waals surface area contributed by atoms with Crippen molar-refractivity contribution in [1.29, 1.82) is 0 Å². The lowest BCUT2D eigenvalue weighted by molar-refractivity contribution is -0.113. The van der Waals surface area contributed by atoms with Crippen molar-refractivity contribution < 1.29 is 17.9 Å². The highest BCUT2D eigenvalue weighted by Gasteiger charge is 2.40. The van der Waals surface area contributed by atoms with Crippen molar-refractivity contribution in [2.45, 2.75) is 31.4 Å². The third-order valence-electron chi connectivity index (χ3n) is 5.03. The molecule has 0 aliphatic carbocycles. The molecule has 1 atom stereocenters. The molecular formula is C23H25NO4S. The SMILES string of the molecule is C=CC1=C(C(C)=O)CN(S(=O)(=O)c2ccc(C)cc2)[C@H]1COCc1ccccc1. The van der Waals surface area contributed by atoms with Gasteiger partial charge in [0.1, 0.15) is 0 Å². The highest BCUT2D eigenvalue weighted by Crippen LogP contribution is 2.32. The fraction of sp³-hybridized carbons (Fsp3) is 0.261. The summed E-state index contributed by atoms with van der Waals surface area (Å²) in [4.78, 5) is 12.3. The van der Waals surface area contributed by atoms with Crippen molar-refractivity contribution in [1.82, 2.24) is 4.31 Å². The second kappa shape index (κ2) is 8.86. The maximum Gasteiger partial charge on any atom is 0.244 e. The Kier molecular flexibility index (Phi) is 6.47. The highest BCUT2D eigenvalue weighted by molar-refractivity contribution is 7.89. The summed E-state index contributed by atoms with van der Waals surface area (Å²) in [6.45, 7) is 7.67. The Morgan fingerprint density at radius 2 is 1.83 bits per heavy atom. The van der Waals surface area contributed by atoms with Gasteiger partial charge in [0.25, 0.3) is 0 Å². The van der Waals surface area contributed by atoms with Crippen molar-refractivity contribution in [2.24, 2.45) is 0 Å². The number of rotatable bonds is 8. The Labute approximate surface area is 172 Å². The van der Waals surface area contributed by atoms with Crippen molar-refractivity contribution in [3.8, 4) is 0 Å². The monoisotopic (exact) mass is 411 g/mol. The standard InChI is InChI=1S/C23H25NO4S/c1-4-21-22(18(3)25)14-24(29(26,27)20-12-10-17(2)11-13-20)23(21)16-28-15-19-8-6-5-7-9-19/h4-13,23H,1,14-16H2,2-3H3/t23-/m0/s1. The van der Waals surface area contributed by atoms with E-state index in [1.54, 1.807) is 30.3 Å².